The lowest BCUT2D eigenvalue weighted by Crippen LogP contribution is -2.27. The molecule has 0 radical (unpaired) electrons. The molecule has 30 heavy (non-hydrogen) atoms. The SMILES string of the molecule is COCCOC(Cc1ccc(OCCN(C)c2nc3ccccc3o2)cc1)C(=O)O. The van der Waals surface area contributed by atoms with Gasteiger partial charge in [-0.2, -0.15) is 4.98 Å². The Kier molecular flexibility index (Phi) is 7.64. The molecule has 2 aromatic carbocycles. The highest BCUT2D eigenvalue weighted by molar-refractivity contribution is 5.74. The van der Waals surface area contributed by atoms with Gasteiger partial charge in [-0.3, -0.25) is 0 Å². The number of likely N-dealkylation sites (N-methyl/N-ethyl adjacent to an activating group) is 1. The van der Waals surface area contributed by atoms with Crippen LogP contribution >= 0.6 is 0 Å². The van der Waals surface area contributed by atoms with Gasteiger partial charge in [0.25, 0.3) is 6.01 Å². The average molecular weight is 414 g/mol. The maximum atomic E-state index is 11.3. The number of ether oxygens (including phenoxy) is 3. The molecule has 8 heteroatoms. The van der Waals surface area contributed by atoms with E-state index in [-0.39, 0.29) is 13.0 Å². The van der Waals surface area contributed by atoms with Crippen molar-refractivity contribution in [3.8, 4) is 5.75 Å². The molecule has 1 aromatic heterocycles. The number of methoxy groups -OCH3 is 1. The summed E-state index contributed by atoms with van der Waals surface area (Å²) in [7, 11) is 3.44. The normalized spacial score (nSPS) is 12.1. The van der Waals surface area contributed by atoms with Crippen LogP contribution in [0.5, 0.6) is 5.75 Å². The van der Waals surface area contributed by atoms with E-state index in [0.717, 1.165) is 16.7 Å². The summed E-state index contributed by atoms with van der Waals surface area (Å²) < 4.78 is 21.8. The molecule has 1 atom stereocenters. The van der Waals surface area contributed by atoms with Crippen molar-refractivity contribution in [3.05, 3.63) is 54.1 Å². The molecule has 0 saturated carbocycles. The third-order valence-corrected chi connectivity index (χ3v) is 4.53. The number of hydrogen-bond acceptors (Lipinski definition) is 7. The van der Waals surface area contributed by atoms with E-state index in [1.165, 1.54) is 0 Å². The number of carboxylic acids is 1. The van der Waals surface area contributed by atoms with E-state index in [1.54, 1.807) is 7.11 Å². The summed E-state index contributed by atoms with van der Waals surface area (Å²) in [5.41, 5.74) is 2.43. The molecular weight excluding hydrogens is 388 g/mol. The number of anilines is 1. The first-order valence-corrected chi connectivity index (χ1v) is 9.68. The minimum atomic E-state index is -0.992. The van der Waals surface area contributed by atoms with Crippen molar-refractivity contribution >= 4 is 23.1 Å². The Hall–Kier alpha value is -3.10. The number of rotatable bonds is 12. The third-order valence-electron chi connectivity index (χ3n) is 4.53. The summed E-state index contributed by atoms with van der Waals surface area (Å²) >= 11 is 0. The van der Waals surface area contributed by atoms with Crippen LogP contribution in [-0.2, 0) is 20.7 Å². The number of carbonyl (C=O) groups is 1. The third kappa shape index (κ3) is 5.95. The van der Waals surface area contributed by atoms with Crippen LogP contribution in [0.4, 0.5) is 6.01 Å². The van der Waals surface area contributed by atoms with E-state index >= 15 is 0 Å². The van der Waals surface area contributed by atoms with Crippen LogP contribution in [0.15, 0.2) is 52.9 Å². The lowest BCUT2D eigenvalue weighted by molar-refractivity contribution is -0.151. The minimum Gasteiger partial charge on any atom is -0.492 e. The minimum absolute atomic E-state index is 0.238. The standard InChI is InChI=1S/C22H26N2O6/c1-24(22-23-18-5-3-4-6-19(18)30-22)11-12-28-17-9-7-16(8-10-17)15-20(21(25)26)29-14-13-27-2/h3-10,20H,11-15H2,1-2H3,(H,25,26). The number of hydrogen-bond donors (Lipinski definition) is 1. The van der Waals surface area contributed by atoms with E-state index < -0.39 is 12.1 Å². The Morgan fingerprint density at radius 1 is 1.13 bits per heavy atom. The van der Waals surface area contributed by atoms with Crippen molar-refractivity contribution in [2.75, 3.05) is 45.4 Å². The number of aromatic nitrogens is 1. The Balaban J connectivity index is 1.47. The number of carboxylic acid groups (broad SMARTS) is 1. The Morgan fingerprint density at radius 3 is 2.60 bits per heavy atom. The zero-order valence-electron chi connectivity index (χ0n) is 17.1. The molecule has 1 unspecified atom stereocenters. The molecule has 0 amide bonds. The molecule has 0 spiro atoms. The lowest BCUT2D eigenvalue weighted by atomic mass is 10.1. The van der Waals surface area contributed by atoms with Crippen LogP contribution in [0.25, 0.3) is 11.1 Å². The zero-order valence-corrected chi connectivity index (χ0v) is 17.1. The van der Waals surface area contributed by atoms with Gasteiger partial charge in [0, 0.05) is 20.6 Å². The zero-order chi connectivity index (χ0) is 21.3. The molecule has 8 nitrogen and oxygen atoms in total. The van der Waals surface area contributed by atoms with Gasteiger partial charge < -0.3 is 28.6 Å². The highest BCUT2D eigenvalue weighted by atomic mass is 16.5. The summed E-state index contributed by atoms with van der Waals surface area (Å²) in [6, 6.07) is 15.5. The predicted molar refractivity (Wildman–Crippen MR) is 112 cm³/mol. The van der Waals surface area contributed by atoms with Crippen molar-refractivity contribution in [2.24, 2.45) is 0 Å². The monoisotopic (exact) mass is 414 g/mol. The second-order valence-corrected chi connectivity index (χ2v) is 6.77. The van der Waals surface area contributed by atoms with Gasteiger partial charge in [-0.25, -0.2) is 4.79 Å². The number of para-hydroxylation sites is 2. The summed E-state index contributed by atoms with van der Waals surface area (Å²) in [6.07, 6.45) is -0.628. The van der Waals surface area contributed by atoms with Crippen molar-refractivity contribution in [2.45, 2.75) is 12.5 Å². The van der Waals surface area contributed by atoms with Gasteiger partial charge in [-0.05, 0) is 29.8 Å². The Labute approximate surface area is 175 Å². The van der Waals surface area contributed by atoms with Gasteiger partial charge in [0.15, 0.2) is 11.7 Å². The lowest BCUT2D eigenvalue weighted by Gasteiger charge is -2.15. The molecule has 0 aliphatic rings. The average Bonchev–Trinajstić information content (AvgIpc) is 3.18. The second-order valence-electron chi connectivity index (χ2n) is 6.77. The number of nitrogens with zero attached hydrogens (tertiary/aromatic N) is 2. The van der Waals surface area contributed by atoms with Crippen LogP contribution in [-0.4, -0.2) is 62.7 Å². The predicted octanol–water partition coefficient (Wildman–Crippen LogP) is 3.00. The van der Waals surface area contributed by atoms with Gasteiger partial charge in [-0.1, -0.05) is 24.3 Å². The molecule has 0 aliphatic carbocycles. The molecule has 0 saturated heterocycles. The molecule has 0 fully saturated rings. The molecular formula is C22H26N2O6. The van der Waals surface area contributed by atoms with E-state index in [9.17, 15) is 9.90 Å². The number of oxazole rings is 1. The maximum absolute atomic E-state index is 11.3. The van der Waals surface area contributed by atoms with Crippen LogP contribution < -0.4 is 9.64 Å². The molecule has 3 aromatic rings. The van der Waals surface area contributed by atoms with Gasteiger partial charge in [0.05, 0.1) is 19.8 Å². The van der Waals surface area contributed by atoms with Crippen LogP contribution in [0.3, 0.4) is 0 Å². The second kappa shape index (κ2) is 10.6. The summed E-state index contributed by atoms with van der Waals surface area (Å²) in [5, 5.41) is 9.29. The van der Waals surface area contributed by atoms with Crippen molar-refractivity contribution in [3.63, 3.8) is 0 Å². The fourth-order valence-electron chi connectivity index (χ4n) is 2.85. The summed E-state index contributed by atoms with van der Waals surface area (Å²) in [4.78, 5) is 17.7. The topological polar surface area (TPSA) is 94.3 Å². The smallest absolute Gasteiger partial charge is 0.333 e. The Morgan fingerprint density at radius 2 is 1.90 bits per heavy atom. The van der Waals surface area contributed by atoms with Crippen molar-refractivity contribution in [1.82, 2.24) is 4.98 Å². The largest absolute Gasteiger partial charge is 0.492 e. The van der Waals surface area contributed by atoms with Crippen molar-refractivity contribution < 1.29 is 28.5 Å². The molecule has 1 N–H and O–H groups in total. The van der Waals surface area contributed by atoms with Crippen LogP contribution in [0, 0.1) is 0 Å². The molecule has 0 aliphatic heterocycles. The molecule has 3 rings (SSSR count). The van der Waals surface area contributed by atoms with Crippen LogP contribution in [0.2, 0.25) is 0 Å². The summed E-state index contributed by atoms with van der Waals surface area (Å²) in [5.74, 6) is -0.287. The van der Waals surface area contributed by atoms with E-state index in [0.29, 0.717) is 31.5 Å². The van der Waals surface area contributed by atoms with Gasteiger partial charge in [0.2, 0.25) is 0 Å². The number of fused-ring (bicyclic) bond motifs is 1. The van der Waals surface area contributed by atoms with Gasteiger partial charge in [0.1, 0.15) is 17.9 Å². The fraction of sp³-hybridized carbons (Fsp3) is 0.364. The van der Waals surface area contributed by atoms with Gasteiger partial charge >= 0.3 is 5.97 Å². The molecule has 160 valence electrons. The van der Waals surface area contributed by atoms with Gasteiger partial charge in [-0.15, -0.1) is 0 Å². The first-order valence-electron chi connectivity index (χ1n) is 9.68. The maximum Gasteiger partial charge on any atom is 0.333 e. The first kappa shape index (κ1) is 21.6. The van der Waals surface area contributed by atoms with E-state index in [2.05, 4.69) is 4.98 Å². The fourth-order valence-corrected chi connectivity index (χ4v) is 2.85. The molecule has 1 heterocycles. The highest BCUT2D eigenvalue weighted by Crippen LogP contribution is 2.20. The van der Waals surface area contributed by atoms with Crippen molar-refractivity contribution in [1.29, 1.82) is 0 Å². The number of benzene rings is 2. The molecule has 0 bridgehead atoms. The van der Waals surface area contributed by atoms with E-state index in [4.69, 9.17) is 18.6 Å². The van der Waals surface area contributed by atoms with E-state index in [1.807, 2.05) is 60.5 Å². The summed E-state index contributed by atoms with van der Waals surface area (Å²) in [6.45, 7) is 1.65. The Bertz CT molecular complexity index is 907. The van der Waals surface area contributed by atoms with Crippen LogP contribution in [0.1, 0.15) is 5.56 Å². The quantitative estimate of drug-likeness (QED) is 0.452. The highest BCUT2D eigenvalue weighted by Gasteiger charge is 2.18. The first-order chi connectivity index (χ1) is 14.6. The number of aliphatic carboxylic acids is 1.